The van der Waals surface area contributed by atoms with Crippen molar-refractivity contribution in [2.45, 2.75) is 13.3 Å². The van der Waals surface area contributed by atoms with Gasteiger partial charge in [-0.05, 0) is 34.0 Å². The summed E-state index contributed by atoms with van der Waals surface area (Å²) in [5.74, 6) is 0. The van der Waals surface area contributed by atoms with Crippen molar-refractivity contribution < 1.29 is 4.79 Å². The lowest BCUT2D eigenvalue weighted by atomic mass is 10.4. The molecule has 0 saturated carbocycles. The van der Waals surface area contributed by atoms with Crippen LogP contribution >= 0.6 is 0 Å². The molecule has 0 bridgehead atoms. The van der Waals surface area contributed by atoms with Crippen LogP contribution in [0.5, 0.6) is 0 Å². The fourth-order valence-corrected chi connectivity index (χ4v) is 1.18. The molecule has 0 rings (SSSR count). The molecule has 0 atom stereocenters. The fraction of sp³-hybridized carbons (Fsp3) is 0.875. The summed E-state index contributed by atoms with van der Waals surface area (Å²) in [7, 11) is 4.04. The van der Waals surface area contributed by atoms with Gasteiger partial charge in [0.05, 0.1) is 0 Å². The van der Waals surface area contributed by atoms with Gasteiger partial charge in [-0.1, -0.05) is 0 Å². The largest absolute Gasteiger partial charge is 0.719 e. The molecule has 12 heavy (non-hydrogen) atoms. The lowest BCUT2D eigenvalue weighted by Gasteiger charge is -2.25. The maximum absolute atomic E-state index is 10.8. The first-order valence-electron chi connectivity index (χ1n) is 4.18. The van der Waals surface area contributed by atoms with E-state index in [1.807, 2.05) is 21.0 Å². The van der Waals surface area contributed by atoms with E-state index < -0.39 is 0 Å². The first-order chi connectivity index (χ1) is 5.57. The summed E-state index contributed by atoms with van der Waals surface area (Å²) >= 11 is 4.55. The van der Waals surface area contributed by atoms with E-state index in [0.717, 1.165) is 26.1 Å². The summed E-state index contributed by atoms with van der Waals surface area (Å²) in [6.07, 6.45) is 0.989. The van der Waals surface area contributed by atoms with Crippen molar-refractivity contribution in [1.82, 2.24) is 9.80 Å². The molecule has 0 aromatic heterocycles. The summed E-state index contributed by atoms with van der Waals surface area (Å²) in [6.45, 7) is 4.44. The van der Waals surface area contributed by atoms with Gasteiger partial charge < -0.3 is 27.2 Å². The van der Waals surface area contributed by atoms with E-state index in [0.29, 0.717) is 0 Å². The van der Waals surface area contributed by atoms with Gasteiger partial charge in [0.2, 0.25) is 0 Å². The minimum absolute atomic E-state index is 0.240. The van der Waals surface area contributed by atoms with E-state index in [2.05, 4.69) is 17.5 Å². The normalized spacial score (nSPS) is 10.3. The Hall–Kier alpha value is -0.350. The highest BCUT2D eigenvalue weighted by molar-refractivity contribution is 7.76. The molecule has 3 nitrogen and oxygen atoms in total. The van der Waals surface area contributed by atoms with Gasteiger partial charge in [0, 0.05) is 13.1 Å². The van der Waals surface area contributed by atoms with Crippen LogP contribution in [0.25, 0.3) is 0 Å². The van der Waals surface area contributed by atoms with Crippen molar-refractivity contribution in [2.75, 3.05) is 33.7 Å². The number of nitrogens with zero attached hydrogens (tertiary/aromatic N) is 2. The molecule has 0 aliphatic carbocycles. The van der Waals surface area contributed by atoms with Crippen molar-refractivity contribution >= 4 is 17.9 Å². The van der Waals surface area contributed by atoms with E-state index in [1.54, 1.807) is 4.90 Å². The van der Waals surface area contributed by atoms with Crippen LogP contribution in [0.1, 0.15) is 13.3 Å². The van der Waals surface area contributed by atoms with Crippen LogP contribution in [0.2, 0.25) is 0 Å². The van der Waals surface area contributed by atoms with Crippen LogP contribution in [0.3, 0.4) is 0 Å². The first-order valence-corrected chi connectivity index (χ1v) is 4.59. The van der Waals surface area contributed by atoms with Crippen LogP contribution in [0.4, 0.5) is 4.79 Å². The Labute approximate surface area is 80.1 Å². The van der Waals surface area contributed by atoms with E-state index >= 15 is 0 Å². The van der Waals surface area contributed by atoms with Gasteiger partial charge in [0.25, 0.3) is 0 Å². The number of carbonyl (C=O) groups is 1. The highest BCUT2D eigenvalue weighted by Crippen LogP contribution is 1.93. The Morgan fingerprint density at radius 3 is 2.25 bits per heavy atom. The summed E-state index contributed by atoms with van der Waals surface area (Å²) in [5.41, 5.74) is 0. The Morgan fingerprint density at radius 2 is 1.92 bits per heavy atom. The molecule has 0 aromatic carbocycles. The number of hydrogen-bond acceptors (Lipinski definition) is 3. The zero-order chi connectivity index (χ0) is 9.56. The maximum Gasteiger partial charge on any atom is 0.101 e. The molecule has 0 fully saturated rings. The number of carbonyl (C=O) groups excluding carboxylic acids is 1. The third-order valence-corrected chi connectivity index (χ3v) is 1.93. The van der Waals surface area contributed by atoms with Crippen LogP contribution in [-0.4, -0.2) is 48.8 Å². The number of hydrogen-bond donors (Lipinski definition) is 0. The zero-order valence-electron chi connectivity index (χ0n) is 8.04. The van der Waals surface area contributed by atoms with Crippen LogP contribution < -0.4 is 0 Å². The Bertz CT molecular complexity index is 139. The van der Waals surface area contributed by atoms with Crippen molar-refractivity contribution in [3.05, 3.63) is 0 Å². The SMILES string of the molecule is CCN(CCCN(C)C)C(=O)[S-]. The summed E-state index contributed by atoms with van der Waals surface area (Å²) < 4.78 is 0. The fourth-order valence-electron chi connectivity index (χ4n) is 0.956. The quantitative estimate of drug-likeness (QED) is 0.601. The standard InChI is InChI=1S/C8H18N2OS/c1-4-10(8(11)12)7-5-6-9(2)3/h4-7H2,1-3H3,(H,11,12)/p-1. The zero-order valence-corrected chi connectivity index (χ0v) is 8.86. The Balaban J connectivity index is 3.52. The molecule has 1 amide bonds. The predicted octanol–water partition coefficient (Wildman–Crippen LogP) is 0.927. The van der Waals surface area contributed by atoms with Crippen molar-refractivity contribution in [2.24, 2.45) is 0 Å². The second-order valence-electron chi connectivity index (χ2n) is 3.00. The van der Waals surface area contributed by atoms with Gasteiger partial charge in [-0.3, -0.25) is 0 Å². The molecule has 0 heterocycles. The first kappa shape index (κ1) is 11.6. The van der Waals surface area contributed by atoms with Crippen molar-refractivity contribution in [3.8, 4) is 0 Å². The number of amides is 1. The summed E-state index contributed by atoms with van der Waals surface area (Å²) in [4.78, 5) is 14.6. The smallest absolute Gasteiger partial charge is 0.101 e. The predicted molar refractivity (Wildman–Crippen MR) is 53.2 cm³/mol. The van der Waals surface area contributed by atoms with E-state index in [-0.39, 0.29) is 5.24 Å². The Kier molecular flexibility index (Phi) is 6.02. The van der Waals surface area contributed by atoms with Gasteiger partial charge in [-0.2, -0.15) is 0 Å². The molecule has 0 saturated heterocycles. The lowest BCUT2D eigenvalue weighted by molar-refractivity contribution is 0.223. The van der Waals surface area contributed by atoms with Gasteiger partial charge in [-0.15, -0.1) is 0 Å². The van der Waals surface area contributed by atoms with E-state index in [1.165, 1.54) is 0 Å². The monoisotopic (exact) mass is 189 g/mol. The average molecular weight is 189 g/mol. The average Bonchev–Trinajstić information content (AvgIpc) is 1.96. The molecular weight excluding hydrogens is 172 g/mol. The molecule has 0 N–H and O–H groups in total. The van der Waals surface area contributed by atoms with Gasteiger partial charge in [0.1, 0.15) is 5.24 Å². The molecule has 0 aromatic rings. The van der Waals surface area contributed by atoms with Crippen molar-refractivity contribution in [1.29, 1.82) is 0 Å². The Morgan fingerprint density at radius 1 is 1.33 bits per heavy atom. The molecule has 0 aliphatic heterocycles. The molecule has 72 valence electrons. The topological polar surface area (TPSA) is 23.6 Å². The lowest BCUT2D eigenvalue weighted by Crippen LogP contribution is -2.30. The highest BCUT2D eigenvalue weighted by Gasteiger charge is 1.99. The molecule has 0 radical (unpaired) electrons. The molecule has 4 heteroatoms. The van der Waals surface area contributed by atoms with Crippen LogP contribution in [-0.2, 0) is 12.6 Å². The summed E-state index contributed by atoms with van der Waals surface area (Å²) in [5, 5.41) is -0.240. The second kappa shape index (κ2) is 6.20. The van der Waals surface area contributed by atoms with Gasteiger partial charge in [0.15, 0.2) is 0 Å². The highest BCUT2D eigenvalue weighted by atomic mass is 32.1. The van der Waals surface area contributed by atoms with Gasteiger partial charge in [-0.25, -0.2) is 0 Å². The molecule has 0 unspecified atom stereocenters. The molecular formula is C8H17N2OS-. The summed E-state index contributed by atoms with van der Waals surface area (Å²) in [6, 6.07) is 0. The minimum Gasteiger partial charge on any atom is -0.719 e. The van der Waals surface area contributed by atoms with E-state index in [9.17, 15) is 4.79 Å². The third-order valence-electron chi connectivity index (χ3n) is 1.67. The third kappa shape index (κ3) is 5.32. The van der Waals surface area contributed by atoms with E-state index in [4.69, 9.17) is 0 Å². The molecule has 0 spiro atoms. The second-order valence-corrected chi connectivity index (χ2v) is 3.35. The van der Waals surface area contributed by atoms with Crippen LogP contribution in [0.15, 0.2) is 0 Å². The minimum atomic E-state index is -0.240. The van der Waals surface area contributed by atoms with Crippen LogP contribution in [0, 0.1) is 0 Å². The molecule has 0 aliphatic rings. The number of rotatable bonds is 5. The van der Waals surface area contributed by atoms with Crippen molar-refractivity contribution in [3.63, 3.8) is 0 Å². The maximum atomic E-state index is 10.8. The van der Waals surface area contributed by atoms with Gasteiger partial charge >= 0.3 is 0 Å².